The van der Waals surface area contributed by atoms with Gasteiger partial charge < -0.3 is 29.0 Å². The van der Waals surface area contributed by atoms with Gasteiger partial charge in [-0.05, 0) is 56.1 Å². The quantitative estimate of drug-likeness (QED) is 0.837. The van der Waals surface area contributed by atoms with Crippen LogP contribution in [0.15, 0.2) is 41.0 Å². The molecule has 4 aliphatic rings. The average Bonchev–Trinajstić information content (AvgIpc) is 3.24. The number of piperidine rings is 3. The highest BCUT2D eigenvalue weighted by Crippen LogP contribution is 2.30. The third kappa shape index (κ3) is 4.11. The molecular weight excluding hydrogens is 370 g/mol. The Morgan fingerprint density at radius 3 is 2.52 bits per heavy atom. The summed E-state index contributed by atoms with van der Waals surface area (Å²) in [7, 11) is 0. The molecule has 4 fully saturated rings. The summed E-state index contributed by atoms with van der Waals surface area (Å²) in [6, 6.07) is 9.38. The van der Waals surface area contributed by atoms with Gasteiger partial charge in [0.25, 0.3) is 11.9 Å². The molecule has 154 valence electrons. The van der Waals surface area contributed by atoms with Gasteiger partial charge in [0, 0.05) is 37.3 Å². The van der Waals surface area contributed by atoms with Gasteiger partial charge in [-0.2, -0.15) is 0 Å². The minimum Gasteiger partial charge on any atom is -0.432 e. The van der Waals surface area contributed by atoms with Gasteiger partial charge in [0.15, 0.2) is 0 Å². The molecule has 1 N–H and O–H groups in total. The minimum absolute atomic E-state index is 0.0112. The molecule has 7 nitrogen and oxygen atoms in total. The molecule has 0 radical (unpaired) electrons. The van der Waals surface area contributed by atoms with Crippen molar-refractivity contribution >= 4 is 11.6 Å². The van der Waals surface area contributed by atoms with Gasteiger partial charge in [-0.25, -0.2) is 0 Å². The van der Waals surface area contributed by atoms with Gasteiger partial charge in [-0.3, -0.25) is 4.79 Å². The number of benzene rings is 1. The molecule has 1 amide bonds. The number of carbonyl (C=O) groups excluding carboxylic acids is 1. The topological polar surface area (TPSA) is 67.2 Å². The van der Waals surface area contributed by atoms with Crippen molar-refractivity contribution in [1.29, 1.82) is 0 Å². The first-order valence-electron chi connectivity index (χ1n) is 10.5. The number of morpholine rings is 1. The number of hydrogen-bond acceptors (Lipinski definition) is 6. The van der Waals surface area contributed by atoms with Crippen molar-refractivity contribution in [3.8, 4) is 11.7 Å². The van der Waals surface area contributed by atoms with E-state index in [2.05, 4.69) is 15.1 Å². The molecule has 0 aliphatic carbocycles. The Labute approximate surface area is 170 Å². The van der Waals surface area contributed by atoms with Crippen molar-refractivity contribution < 1.29 is 18.7 Å². The summed E-state index contributed by atoms with van der Waals surface area (Å²) in [6.07, 6.45) is 4.08. The van der Waals surface area contributed by atoms with Crippen LogP contribution in [-0.4, -0.2) is 62.8 Å². The van der Waals surface area contributed by atoms with E-state index in [-0.39, 0.29) is 11.9 Å². The van der Waals surface area contributed by atoms with Crippen LogP contribution in [0.3, 0.4) is 0 Å². The molecule has 1 aromatic heterocycles. The third-order valence-electron chi connectivity index (χ3n) is 6.25. The minimum atomic E-state index is -0.0112. The van der Waals surface area contributed by atoms with Gasteiger partial charge in [0.05, 0.1) is 18.9 Å². The summed E-state index contributed by atoms with van der Waals surface area (Å²) >= 11 is 0. The fraction of sp³-hybridized carbons (Fsp3) is 0.500. The van der Waals surface area contributed by atoms with Crippen LogP contribution in [0, 0.1) is 5.92 Å². The Morgan fingerprint density at radius 1 is 1.07 bits per heavy atom. The van der Waals surface area contributed by atoms with E-state index in [0.717, 1.165) is 38.5 Å². The molecule has 0 unspecified atom stereocenters. The van der Waals surface area contributed by atoms with Crippen molar-refractivity contribution in [2.45, 2.75) is 18.9 Å². The second-order valence-electron chi connectivity index (χ2n) is 8.07. The van der Waals surface area contributed by atoms with Crippen LogP contribution in [-0.2, 0) is 4.74 Å². The van der Waals surface area contributed by atoms with E-state index < -0.39 is 0 Å². The number of nitrogens with one attached hydrogen (secondary N) is 1. The Morgan fingerprint density at radius 2 is 1.83 bits per heavy atom. The molecule has 29 heavy (non-hydrogen) atoms. The lowest BCUT2D eigenvalue weighted by Gasteiger charge is -2.44. The number of anilines is 1. The Kier molecular flexibility index (Phi) is 5.16. The number of nitrogens with zero attached hydrogens (tertiary/aromatic N) is 2. The second-order valence-corrected chi connectivity index (χ2v) is 8.07. The van der Waals surface area contributed by atoms with Crippen LogP contribution in [0.2, 0.25) is 0 Å². The molecule has 4 aliphatic heterocycles. The number of rotatable bonds is 5. The first kappa shape index (κ1) is 18.5. The van der Waals surface area contributed by atoms with E-state index in [1.807, 2.05) is 18.2 Å². The summed E-state index contributed by atoms with van der Waals surface area (Å²) in [4.78, 5) is 17.3. The van der Waals surface area contributed by atoms with Crippen LogP contribution in [0.1, 0.15) is 23.2 Å². The lowest BCUT2D eigenvalue weighted by molar-refractivity contribution is 0.0620. The maximum Gasteiger partial charge on any atom is 0.291 e. The summed E-state index contributed by atoms with van der Waals surface area (Å²) in [6.45, 7) is 6.47. The Balaban J connectivity index is 1.18. The number of carbonyl (C=O) groups is 1. The molecule has 5 heterocycles. The molecule has 6 rings (SSSR count). The maximum atomic E-state index is 12.6. The van der Waals surface area contributed by atoms with Gasteiger partial charge in [-0.15, -0.1) is 0 Å². The van der Waals surface area contributed by atoms with Gasteiger partial charge in [0.2, 0.25) is 0 Å². The van der Waals surface area contributed by atoms with Crippen LogP contribution in [0.4, 0.5) is 5.69 Å². The van der Waals surface area contributed by atoms with Crippen molar-refractivity contribution in [2.24, 2.45) is 5.92 Å². The van der Waals surface area contributed by atoms with Crippen LogP contribution < -0.4 is 15.0 Å². The van der Waals surface area contributed by atoms with E-state index in [4.69, 9.17) is 13.9 Å². The molecule has 2 aromatic rings. The van der Waals surface area contributed by atoms with Gasteiger partial charge in [-0.1, -0.05) is 0 Å². The van der Waals surface area contributed by atoms with Crippen molar-refractivity contribution in [3.63, 3.8) is 0 Å². The fourth-order valence-corrected chi connectivity index (χ4v) is 4.52. The number of fused-ring (bicyclic) bond motifs is 3. The summed E-state index contributed by atoms with van der Waals surface area (Å²) in [5.74, 6) is 1.69. The highest BCUT2D eigenvalue weighted by molar-refractivity contribution is 5.94. The predicted molar refractivity (Wildman–Crippen MR) is 109 cm³/mol. The lowest BCUT2D eigenvalue weighted by Crippen LogP contribution is -2.57. The van der Waals surface area contributed by atoms with E-state index in [0.29, 0.717) is 23.2 Å². The SMILES string of the molecule is O=C(N[C@H]1CN2CCC1CC2)c1ccc(Oc2cc(N3CCOCC3)co2)cc1. The van der Waals surface area contributed by atoms with E-state index >= 15 is 0 Å². The molecule has 1 aromatic carbocycles. The first-order chi connectivity index (χ1) is 14.2. The highest BCUT2D eigenvalue weighted by atomic mass is 16.6. The summed E-state index contributed by atoms with van der Waals surface area (Å²) in [5, 5.41) is 3.22. The largest absolute Gasteiger partial charge is 0.432 e. The number of ether oxygens (including phenoxy) is 2. The molecular formula is C22H27N3O4. The average molecular weight is 397 g/mol. The van der Waals surface area contributed by atoms with Crippen LogP contribution in [0.5, 0.6) is 11.7 Å². The van der Waals surface area contributed by atoms with E-state index in [1.165, 1.54) is 25.9 Å². The Bertz CT molecular complexity index is 836. The number of hydrogen-bond donors (Lipinski definition) is 1. The molecule has 0 saturated carbocycles. The first-order valence-corrected chi connectivity index (χ1v) is 10.5. The van der Waals surface area contributed by atoms with Crippen molar-refractivity contribution in [2.75, 3.05) is 50.8 Å². The zero-order valence-electron chi connectivity index (χ0n) is 16.5. The number of furan rings is 1. The number of amides is 1. The monoisotopic (exact) mass is 397 g/mol. The summed E-state index contributed by atoms with van der Waals surface area (Å²) in [5.41, 5.74) is 1.65. The maximum absolute atomic E-state index is 12.6. The molecule has 0 spiro atoms. The molecule has 1 atom stereocenters. The van der Waals surface area contributed by atoms with Gasteiger partial charge in [0.1, 0.15) is 12.0 Å². The van der Waals surface area contributed by atoms with Crippen molar-refractivity contribution in [1.82, 2.24) is 10.2 Å². The molecule has 4 saturated heterocycles. The lowest BCUT2D eigenvalue weighted by atomic mass is 9.84. The Hall–Kier alpha value is -2.51. The summed E-state index contributed by atoms with van der Waals surface area (Å²) < 4.78 is 16.7. The molecule has 7 heteroatoms. The van der Waals surface area contributed by atoms with E-state index in [9.17, 15) is 4.79 Å². The highest BCUT2D eigenvalue weighted by Gasteiger charge is 2.34. The zero-order valence-corrected chi connectivity index (χ0v) is 16.5. The van der Waals surface area contributed by atoms with Crippen LogP contribution in [0.25, 0.3) is 0 Å². The normalized spacial score (nSPS) is 26.3. The fourth-order valence-electron chi connectivity index (χ4n) is 4.52. The van der Waals surface area contributed by atoms with Gasteiger partial charge >= 0.3 is 0 Å². The predicted octanol–water partition coefficient (Wildman–Crippen LogP) is 2.73. The second kappa shape index (κ2) is 8.08. The standard InChI is InChI=1S/C22H27N3O4/c26-22(23-20-14-24-7-5-16(20)6-8-24)17-1-3-19(4-2-17)29-21-13-18(15-28-21)25-9-11-27-12-10-25/h1-4,13,15-16,20H,5-12,14H2,(H,23,26)/t20-/m0/s1. The smallest absolute Gasteiger partial charge is 0.291 e. The van der Waals surface area contributed by atoms with Crippen molar-refractivity contribution in [3.05, 3.63) is 42.2 Å². The third-order valence-corrected chi connectivity index (χ3v) is 6.25. The van der Waals surface area contributed by atoms with Crippen LogP contribution >= 0.6 is 0 Å². The zero-order chi connectivity index (χ0) is 19.6. The van der Waals surface area contributed by atoms with E-state index in [1.54, 1.807) is 18.4 Å². The molecule has 2 bridgehead atoms.